The maximum absolute atomic E-state index is 6.44. The van der Waals surface area contributed by atoms with E-state index >= 15 is 0 Å². The summed E-state index contributed by atoms with van der Waals surface area (Å²) in [6, 6.07) is 4.92. The largest absolute Gasteiger partial charge is 0.326 e. The Labute approximate surface area is 128 Å². The maximum Gasteiger partial charge on any atom is 0.0593 e. The molecule has 1 heterocycles. The first-order valence-electron chi connectivity index (χ1n) is 7.63. The van der Waals surface area contributed by atoms with Gasteiger partial charge in [0, 0.05) is 30.6 Å². The molecule has 2 unspecified atom stereocenters. The van der Waals surface area contributed by atoms with Crippen LogP contribution in [-0.2, 0) is 0 Å². The lowest BCUT2D eigenvalue weighted by Gasteiger charge is -2.36. The molecule has 2 atom stereocenters. The van der Waals surface area contributed by atoms with Crippen molar-refractivity contribution in [2.24, 2.45) is 11.7 Å². The van der Waals surface area contributed by atoms with E-state index in [2.05, 4.69) is 62.2 Å². The molecule has 0 spiro atoms. The Morgan fingerprint density at radius 2 is 1.95 bits per heavy atom. The fourth-order valence-corrected chi connectivity index (χ4v) is 3.42. The molecule has 1 aromatic heterocycles. The Bertz CT molecular complexity index is 349. The number of hydrogen-bond donors (Lipinski definition) is 1. The molecule has 0 fully saturated rings. The zero-order valence-electron chi connectivity index (χ0n) is 13.7. The first kappa shape index (κ1) is 17.6. The average molecular weight is 298 g/mol. The minimum Gasteiger partial charge on any atom is -0.326 e. The summed E-state index contributed by atoms with van der Waals surface area (Å²) in [7, 11) is 4.26. The highest BCUT2D eigenvalue weighted by Gasteiger charge is 2.26. The molecule has 3 nitrogen and oxygen atoms in total. The number of thiophene rings is 1. The third-order valence-corrected chi connectivity index (χ3v) is 4.48. The normalized spacial score (nSPS) is 15.2. The summed E-state index contributed by atoms with van der Waals surface area (Å²) in [5.74, 6) is 0.656. The van der Waals surface area contributed by atoms with Gasteiger partial charge < -0.3 is 10.6 Å². The van der Waals surface area contributed by atoms with E-state index in [1.165, 1.54) is 4.88 Å². The van der Waals surface area contributed by atoms with Gasteiger partial charge in [-0.05, 0) is 37.9 Å². The summed E-state index contributed by atoms with van der Waals surface area (Å²) in [5, 5.41) is 2.16. The lowest BCUT2D eigenvalue weighted by Crippen LogP contribution is -2.44. The van der Waals surface area contributed by atoms with Crippen molar-refractivity contribution in [3.8, 4) is 0 Å². The molecule has 0 amide bonds. The van der Waals surface area contributed by atoms with Crippen LogP contribution < -0.4 is 5.73 Å². The molecule has 0 bridgehead atoms. The SMILES string of the molecule is CCC(N)C(c1cccs1)N(CCN(C)C)CC(C)C. The molecule has 0 saturated carbocycles. The molecule has 1 aromatic rings. The minimum atomic E-state index is 0.203. The van der Waals surface area contributed by atoms with Crippen LogP contribution in [0.4, 0.5) is 0 Å². The quantitative estimate of drug-likeness (QED) is 0.760. The monoisotopic (exact) mass is 297 g/mol. The topological polar surface area (TPSA) is 32.5 Å². The first-order chi connectivity index (χ1) is 9.45. The van der Waals surface area contributed by atoms with Gasteiger partial charge in [-0.15, -0.1) is 11.3 Å². The van der Waals surface area contributed by atoms with E-state index in [9.17, 15) is 0 Å². The summed E-state index contributed by atoms with van der Waals surface area (Å²) in [6.45, 7) is 10.00. The van der Waals surface area contributed by atoms with Crippen molar-refractivity contribution in [3.05, 3.63) is 22.4 Å². The second-order valence-corrected chi connectivity index (χ2v) is 7.20. The van der Waals surface area contributed by atoms with Crippen LogP contribution in [0.2, 0.25) is 0 Å². The summed E-state index contributed by atoms with van der Waals surface area (Å²) >= 11 is 1.83. The Morgan fingerprint density at radius 1 is 1.25 bits per heavy atom. The number of rotatable bonds is 9. The van der Waals surface area contributed by atoms with E-state index in [4.69, 9.17) is 5.73 Å². The number of likely N-dealkylation sites (N-methyl/N-ethyl adjacent to an activating group) is 1. The maximum atomic E-state index is 6.44. The standard InChI is InChI=1S/C16H31N3S/c1-6-14(17)16(15-8-7-11-20-15)19(12-13(2)3)10-9-18(4)5/h7-8,11,13-14,16H,6,9-10,12,17H2,1-5H3. The number of nitrogens with zero attached hydrogens (tertiary/aromatic N) is 2. The van der Waals surface area contributed by atoms with Crippen LogP contribution in [0.15, 0.2) is 17.5 Å². The molecule has 0 radical (unpaired) electrons. The highest BCUT2D eigenvalue weighted by atomic mass is 32.1. The predicted molar refractivity (Wildman–Crippen MR) is 90.3 cm³/mol. The summed E-state index contributed by atoms with van der Waals surface area (Å²) < 4.78 is 0. The third kappa shape index (κ3) is 5.52. The summed E-state index contributed by atoms with van der Waals surface area (Å²) in [5.41, 5.74) is 6.44. The Balaban J connectivity index is 2.90. The second kappa shape index (κ2) is 8.78. The number of nitrogens with two attached hydrogens (primary N) is 1. The van der Waals surface area contributed by atoms with Gasteiger partial charge in [-0.3, -0.25) is 4.90 Å². The highest BCUT2D eigenvalue weighted by Crippen LogP contribution is 2.29. The predicted octanol–water partition coefficient (Wildman–Crippen LogP) is 3.05. The molecule has 0 aliphatic heterocycles. The molecule has 4 heteroatoms. The van der Waals surface area contributed by atoms with E-state index in [1.54, 1.807) is 0 Å². The van der Waals surface area contributed by atoms with Crippen molar-refractivity contribution in [2.75, 3.05) is 33.7 Å². The van der Waals surface area contributed by atoms with Crippen LogP contribution >= 0.6 is 11.3 Å². The molecule has 1 rings (SSSR count). The van der Waals surface area contributed by atoms with Gasteiger partial charge >= 0.3 is 0 Å². The average Bonchev–Trinajstić information content (AvgIpc) is 2.88. The van der Waals surface area contributed by atoms with Crippen LogP contribution in [-0.4, -0.2) is 49.6 Å². The van der Waals surface area contributed by atoms with Crippen LogP contribution in [0.3, 0.4) is 0 Å². The molecule has 0 aliphatic carbocycles. The molecule has 0 aromatic carbocycles. The van der Waals surface area contributed by atoms with Crippen molar-refractivity contribution in [1.82, 2.24) is 9.80 Å². The summed E-state index contributed by atoms with van der Waals surface area (Å²) in [4.78, 5) is 6.22. The summed E-state index contributed by atoms with van der Waals surface area (Å²) in [6.07, 6.45) is 1.01. The fourth-order valence-electron chi connectivity index (χ4n) is 2.49. The van der Waals surface area contributed by atoms with E-state index < -0.39 is 0 Å². The molecule has 2 N–H and O–H groups in total. The van der Waals surface area contributed by atoms with Crippen molar-refractivity contribution >= 4 is 11.3 Å². The van der Waals surface area contributed by atoms with Gasteiger partial charge in [0.2, 0.25) is 0 Å². The van der Waals surface area contributed by atoms with Crippen molar-refractivity contribution in [1.29, 1.82) is 0 Å². The number of hydrogen-bond acceptors (Lipinski definition) is 4. The van der Waals surface area contributed by atoms with Crippen LogP contribution in [0.5, 0.6) is 0 Å². The second-order valence-electron chi connectivity index (χ2n) is 6.22. The zero-order chi connectivity index (χ0) is 15.1. The molecular weight excluding hydrogens is 266 g/mol. The van der Waals surface area contributed by atoms with E-state index in [-0.39, 0.29) is 6.04 Å². The molecule has 20 heavy (non-hydrogen) atoms. The van der Waals surface area contributed by atoms with Crippen LogP contribution in [0.1, 0.15) is 38.1 Å². The Hall–Kier alpha value is -0.420. The first-order valence-corrected chi connectivity index (χ1v) is 8.51. The van der Waals surface area contributed by atoms with Crippen molar-refractivity contribution < 1.29 is 0 Å². The zero-order valence-corrected chi connectivity index (χ0v) is 14.5. The van der Waals surface area contributed by atoms with Gasteiger partial charge in [-0.2, -0.15) is 0 Å². The lowest BCUT2D eigenvalue weighted by atomic mass is 10.0. The van der Waals surface area contributed by atoms with Crippen molar-refractivity contribution in [2.45, 2.75) is 39.3 Å². The van der Waals surface area contributed by atoms with Gasteiger partial charge in [0.05, 0.1) is 6.04 Å². The van der Waals surface area contributed by atoms with Gasteiger partial charge in [0.1, 0.15) is 0 Å². The van der Waals surface area contributed by atoms with Gasteiger partial charge in [0.25, 0.3) is 0 Å². The minimum absolute atomic E-state index is 0.203. The van der Waals surface area contributed by atoms with E-state index in [0.29, 0.717) is 12.0 Å². The van der Waals surface area contributed by atoms with Gasteiger partial charge in [0.15, 0.2) is 0 Å². The molecule has 0 aliphatic rings. The van der Waals surface area contributed by atoms with Crippen LogP contribution in [0.25, 0.3) is 0 Å². The third-order valence-electron chi connectivity index (χ3n) is 3.54. The van der Waals surface area contributed by atoms with Crippen LogP contribution in [0, 0.1) is 5.92 Å². The smallest absolute Gasteiger partial charge is 0.0593 e. The molecule has 116 valence electrons. The van der Waals surface area contributed by atoms with Gasteiger partial charge in [-0.25, -0.2) is 0 Å². The van der Waals surface area contributed by atoms with E-state index in [0.717, 1.165) is 26.1 Å². The lowest BCUT2D eigenvalue weighted by molar-refractivity contribution is 0.141. The molecule has 0 saturated heterocycles. The Kier molecular flexibility index (Phi) is 7.74. The van der Waals surface area contributed by atoms with E-state index in [1.807, 2.05) is 11.3 Å². The fraction of sp³-hybridized carbons (Fsp3) is 0.750. The molecular formula is C16H31N3S. The van der Waals surface area contributed by atoms with Crippen molar-refractivity contribution in [3.63, 3.8) is 0 Å². The van der Waals surface area contributed by atoms with Gasteiger partial charge in [-0.1, -0.05) is 26.8 Å². The Morgan fingerprint density at radius 3 is 2.40 bits per heavy atom. The highest BCUT2D eigenvalue weighted by molar-refractivity contribution is 7.10.